The number of hydrogen-bond acceptors (Lipinski definition) is 7. The third kappa shape index (κ3) is 21.1. The summed E-state index contributed by atoms with van der Waals surface area (Å²) in [6, 6.07) is 0. The lowest BCUT2D eigenvalue weighted by Gasteiger charge is -2.21. The molecular formula is C12H20Br6NO8P. The molecule has 0 spiro atoms. The number of aliphatic carboxylic acids is 1. The molecule has 3 atom stereocenters. The quantitative estimate of drug-likeness (QED) is 0.102. The molecule has 0 fully saturated rings. The van der Waals surface area contributed by atoms with Gasteiger partial charge in [-0.15, -0.1) is 0 Å². The second-order valence-electron chi connectivity index (χ2n) is 4.79. The molecule has 28 heavy (non-hydrogen) atoms. The van der Waals surface area contributed by atoms with Crippen molar-refractivity contribution in [1.29, 1.82) is 0 Å². The molecule has 0 radical (unpaired) electrons. The van der Waals surface area contributed by atoms with E-state index in [0.717, 1.165) is 0 Å². The van der Waals surface area contributed by atoms with Gasteiger partial charge in [-0.05, 0) is 0 Å². The summed E-state index contributed by atoms with van der Waals surface area (Å²) >= 11 is 20.0. The normalized spacial score (nSPS) is 16.2. The molecule has 0 rings (SSSR count). The van der Waals surface area contributed by atoms with E-state index in [0.29, 0.717) is 16.0 Å². The molecule has 1 N–H and O–H groups in total. The summed E-state index contributed by atoms with van der Waals surface area (Å²) in [7, 11) is -3.57. The van der Waals surface area contributed by atoms with Crippen LogP contribution in [0, 0.1) is 10.1 Å². The standard InChI is InChI=1S/C9H15Br6O4P.C3H5NO4/c10-1-7(13)4-17-20(16,18-5-8(14)2-11)19-6-9(15)3-12;5-3(6)1-2-4(7)8/h7-9H,1-6H2;1-2H2,(H,5,6). The van der Waals surface area contributed by atoms with Crippen LogP contribution in [0.3, 0.4) is 0 Å². The molecule has 0 aromatic heterocycles. The van der Waals surface area contributed by atoms with Crippen molar-refractivity contribution in [2.75, 3.05) is 42.4 Å². The van der Waals surface area contributed by atoms with Gasteiger partial charge in [-0.3, -0.25) is 28.5 Å². The Hall–Kier alpha value is 1.86. The second kappa shape index (κ2) is 19.5. The number of phosphoric acid groups is 1. The maximum absolute atomic E-state index is 12.5. The fraction of sp³-hybridized carbons (Fsp3) is 0.917. The molecular weight excluding hydrogens is 797 g/mol. The van der Waals surface area contributed by atoms with E-state index in [1.54, 1.807) is 0 Å². The molecule has 0 saturated carbocycles. The number of nitro groups is 1. The van der Waals surface area contributed by atoms with Gasteiger partial charge in [0.2, 0.25) is 6.54 Å². The van der Waals surface area contributed by atoms with E-state index < -0.39 is 31.7 Å². The van der Waals surface area contributed by atoms with Crippen molar-refractivity contribution in [1.82, 2.24) is 0 Å². The van der Waals surface area contributed by atoms with Gasteiger partial charge in [0.1, 0.15) is 6.42 Å². The van der Waals surface area contributed by atoms with Crippen molar-refractivity contribution in [3.8, 4) is 0 Å². The van der Waals surface area contributed by atoms with Crippen LogP contribution in [0.5, 0.6) is 0 Å². The van der Waals surface area contributed by atoms with E-state index in [1.807, 2.05) is 0 Å². The van der Waals surface area contributed by atoms with Crippen molar-refractivity contribution in [3.05, 3.63) is 10.1 Å². The summed E-state index contributed by atoms with van der Waals surface area (Å²) in [4.78, 5) is 18.5. The molecule has 0 bridgehead atoms. The first-order chi connectivity index (χ1) is 13.0. The molecule has 0 heterocycles. The molecule has 3 unspecified atom stereocenters. The van der Waals surface area contributed by atoms with Crippen LogP contribution in [0.25, 0.3) is 0 Å². The molecule has 0 aliphatic rings. The molecule has 0 aromatic rings. The van der Waals surface area contributed by atoms with E-state index >= 15 is 0 Å². The first kappa shape index (κ1) is 32.0. The minimum atomic E-state index is -3.57. The van der Waals surface area contributed by atoms with Gasteiger partial charge in [-0.2, -0.15) is 0 Å². The van der Waals surface area contributed by atoms with Gasteiger partial charge in [0.25, 0.3) is 0 Å². The Bertz CT molecular complexity index is 434. The van der Waals surface area contributed by atoms with Crippen molar-refractivity contribution >= 4 is 109 Å². The molecule has 0 saturated heterocycles. The van der Waals surface area contributed by atoms with Crippen molar-refractivity contribution < 1.29 is 33.0 Å². The average Bonchev–Trinajstić information content (AvgIpc) is 2.67. The topological polar surface area (TPSA) is 125 Å². The smallest absolute Gasteiger partial charge is 0.474 e. The highest BCUT2D eigenvalue weighted by Gasteiger charge is 2.29. The van der Waals surface area contributed by atoms with Crippen LogP contribution in [-0.4, -0.2) is 72.8 Å². The first-order valence-corrected chi connectivity index (χ1v) is 15.0. The minimum absolute atomic E-state index is 0.0370. The van der Waals surface area contributed by atoms with Crippen LogP contribution in [0.15, 0.2) is 0 Å². The fourth-order valence-electron chi connectivity index (χ4n) is 0.949. The van der Waals surface area contributed by atoms with E-state index in [2.05, 4.69) is 95.6 Å². The maximum atomic E-state index is 12.5. The highest BCUT2D eigenvalue weighted by Crippen LogP contribution is 2.50. The fourth-order valence-corrected chi connectivity index (χ4v) is 3.83. The van der Waals surface area contributed by atoms with Gasteiger partial charge in [0, 0.05) is 35.4 Å². The number of rotatable bonds is 15. The number of halogens is 6. The molecule has 0 aliphatic heterocycles. The highest BCUT2D eigenvalue weighted by atomic mass is 79.9. The number of hydrogen-bond donors (Lipinski definition) is 1. The monoisotopic (exact) mass is 811 g/mol. The van der Waals surface area contributed by atoms with Gasteiger partial charge >= 0.3 is 13.8 Å². The highest BCUT2D eigenvalue weighted by molar-refractivity contribution is 9.12. The number of phosphoric ester groups is 1. The van der Waals surface area contributed by atoms with Crippen LogP contribution >= 0.6 is 103 Å². The average molecular weight is 817 g/mol. The van der Waals surface area contributed by atoms with Crippen LogP contribution in [-0.2, 0) is 22.9 Å². The molecule has 0 aromatic carbocycles. The van der Waals surface area contributed by atoms with Crippen LogP contribution < -0.4 is 0 Å². The Morgan fingerprint density at radius 1 is 0.929 bits per heavy atom. The van der Waals surface area contributed by atoms with Gasteiger partial charge in [0.05, 0.1) is 19.8 Å². The Morgan fingerprint density at radius 2 is 1.25 bits per heavy atom. The zero-order valence-corrected chi connectivity index (χ0v) is 24.8. The van der Waals surface area contributed by atoms with Crippen molar-refractivity contribution in [3.63, 3.8) is 0 Å². The summed E-state index contributed by atoms with van der Waals surface area (Å²) in [5.74, 6) is -1.14. The van der Waals surface area contributed by atoms with Crippen LogP contribution in [0.1, 0.15) is 6.42 Å². The first-order valence-electron chi connectivity index (χ1n) is 7.46. The number of nitrogens with zero attached hydrogens (tertiary/aromatic N) is 1. The Morgan fingerprint density at radius 3 is 1.43 bits per heavy atom. The molecule has 168 valence electrons. The predicted molar refractivity (Wildman–Crippen MR) is 129 cm³/mol. The number of carbonyl (C=O) groups is 1. The van der Waals surface area contributed by atoms with Gasteiger partial charge < -0.3 is 5.11 Å². The summed E-state index contributed by atoms with van der Waals surface area (Å²) in [6.45, 7) is 0.191. The predicted octanol–water partition coefficient (Wildman–Crippen LogP) is 5.36. The van der Waals surface area contributed by atoms with Crippen LogP contribution in [0.4, 0.5) is 0 Å². The van der Waals surface area contributed by atoms with E-state index in [-0.39, 0.29) is 34.3 Å². The van der Waals surface area contributed by atoms with Crippen molar-refractivity contribution in [2.24, 2.45) is 0 Å². The third-order valence-electron chi connectivity index (χ3n) is 2.25. The van der Waals surface area contributed by atoms with Crippen LogP contribution in [0.2, 0.25) is 0 Å². The zero-order chi connectivity index (χ0) is 22.2. The lowest BCUT2D eigenvalue weighted by molar-refractivity contribution is -0.478. The summed E-state index contributed by atoms with van der Waals surface area (Å²) in [5, 5.41) is 19.3. The van der Waals surface area contributed by atoms with Gasteiger partial charge in [0.15, 0.2) is 0 Å². The lowest BCUT2D eigenvalue weighted by atomic mass is 10.4. The largest absolute Gasteiger partial charge is 0.481 e. The van der Waals surface area contributed by atoms with Gasteiger partial charge in [-0.25, -0.2) is 4.57 Å². The summed E-state index contributed by atoms with van der Waals surface area (Å²) in [6.07, 6.45) is -0.396. The lowest BCUT2D eigenvalue weighted by Crippen LogP contribution is -2.17. The summed E-state index contributed by atoms with van der Waals surface area (Å²) < 4.78 is 28.5. The van der Waals surface area contributed by atoms with Crippen molar-refractivity contribution in [2.45, 2.75) is 20.9 Å². The summed E-state index contributed by atoms with van der Waals surface area (Å²) in [5.41, 5.74) is 0. The Kier molecular flexibility index (Phi) is 22.4. The molecule has 0 amide bonds. The maximum Gasteiger partial charge on any atom is 0.474 e. The number of carboxylic acid groups (broad SMARTS) is 1. The zero-order valence-electron chi connectivity index (χ0n) is 14.4. The van der Waals surface area contributed by atoms with E-state index in [9.17, 15) is 19.5 Å². The number of alkyl halides is 6. The SMILES string of the molecule is O=C(O)CC[N+](=O)[O-].O=P(OCC(Br)CBr)(OCC(Br)CBr)OCC(Br)CBr. The van der Waals surface area contributed by atoms with E-state index in [1.165, 1.54) is 0 Å². The Labute approximate surface area is 213 Å². The molecule has 9 nitrogen and oxygen atoms in total. The second-order valence-corrected chi connectivity index (χ2v) is 12.3. The van der Waals surface area contributed by atoms with Gasteiger partial charge in [-0.1, -0.05) is 95.6 Å². The molecule has 0 aliphatic carbocycles. The Balaban J connectivity index is 0. The minimum Gasteiger partial charge on any atom is -0.481 e. The van der Waals surface area contributed by atoms with E-state index in [4.69, 9.17) is 18.7 Å². The third-order valence-corrected chi connectivity index (χ3v) is 10.4. The molecule has 16 heteroatoms. The number of carboxylic acids is 1.